The third-order valence-corrected chi connectivity index (χ3v) is 3.18. The molecular formula is C13H15N3O. The summed E-state index contributed by atoms with van der Waals surface area (Å²) in [6, 6.07) is 8.32. The highest BCUT2D eigenvalue weighted by atomic mass is 16.5. The van der Waals surface area contributed by atoms with Gasteiger partial charge in [-0.05, 0) is 18.1 Å². The number of hydrogen-bond donors (Lipinski definition) is 1. The van der Waals surface area contributed by atoms with Crippen LogP contribution in [-0.4, -0.2) is 16.7 Å². The van der Waals surface area contributed by atoms with Crippen molar-refractivity contribution in [2.45, 2.75) is 25.7 Å². The molecule has 0 saturated heterocycles. The second-order valence-corrected chi connectivity index (χ2v) is 4.26. The number of aryl methyl sites for hydroxylation is 1. The Kier molecular flexibility index (Phi) is 2.55. The largest absolute Gasteiger partial charge is 0.385 e. The van der Waals surface area contributed by atoms with Crippen molar-refractivity contribution < 1.29 is 4.52 Å². The molecule has 3 rings (SSSR count). The first-order valence-corrected chi connectivity index (χ1v) is 6.03. The molecule has 2 heterocycles. The third kappa shape index (κ3) is 1.79. The minimum atomic E-state index is 0.236. The molecule has 4 nitrogen and oxygen atoms in total. The maximum atomic E-state index is 5.36. The minimum Gasteiger partial charge on any atom is -0.385 e. The molecule has 0 fully saturated rings. The van der Waals surface area contributed by atoms with Gasteiger partial charge in [0.25, 0.3) is 0 Å². The Morgan fingerprint density at radius 3 is 3.12 bits per heavy atom. The zero-order valence-corrected chi connectivity index (χ0v) is 9.81. The summed E-state index contributed by atoms with van der Waals surface area (Å²) < 4.78 is 5.36. The fourth-order valence-electron chi connectivity index (χ4n) is 2.28. The number of anilines is 1. The van der Waals surface area contributed by atoms with Crippen LogP contribution in [0.2, 0.25) is 0 Å². The van der Waals surface area contributed by atoms with Crippen molar-refractivity contribution in [3.05, 3.63) is 41.5 Å². The molecule has 0 spiro atoms. The fourth-order valence-corrected chi connectivity index (χ4v) is 2.28. The van der Waals surface area contributed by atoms with Gasteiger partial charge >= 0.3 is 0 Å². The Bertz CT molecular complexity index is 521. The van der Waals surface area contributed by atoms with E-state index < -0.39 is 0 Å². The van der Waals surface area contributed by atoms with Gasteiger partial charge in [-0.15, -0.1) is 0 Å². The van der Waals surface area contributed by atoms with Crippen LogP contribution in [0.25, 0.3) is 0 Å². The van der Waals surface area contributed by atoms with Crippen molar-refractivity contribution in [1.29, 1.82) is 0 Å². The van der Waals surface area contributed by atoms with E-state index in [1.165, 1.54) is 11.3 Å². The first-order chi connectivity index (χ1) is 8.38. The molecule has 1 aliphatic rings. The van der Waals surface area contributed by atoms with Crippen LogP contribution in [0, 0.1) is 0 Å². The quantitative estimate of drug-likeness (QED) is 0.860. The van der Waals surface area contributed by atoms with Gasteiger partial charge in [0.15, 0.2) is 5.82 Å². The van der Waals surface area contributed by atoms with Crippen molar-refractivity contribution in [2.24, 2.45) is 0 Å². The van der Waals surface area contributed by atoms with Gasteiger partial charge in [-0.1, -0.05) is 30.3 Å². The monoisotopic (exact) mass is 229 g/mol. The number of benzene rings is 1. The minimum absolute atomic E-state index is 0.236. The molecule has 0 saturated carbocycles. The lowest BCUT2D eigenvalue weighted by molar-refractivity contribution is 0.356. The molecular weight excluding hydrogens is 214 g/mol. The second-order valence-electron chi connectivity index (χ2n) is 4.26. The number of aromatic nitrogens is 2. The SMILES string of the molecule is CCc1noc(C2CCNc3ccccc32)n1. The van der Waals surface area contributed by atoms with E-state index in [1.54, 1.807) is 0 Å². The van der Waals surface area contributed by atoms with E-state index in [1.807, 2.05) is 13.0 Å². The Hall–Kier alpha value is -1.84. The lowest BCUT2D eigenvalue weighted by atomic mass is 9.91. The highest BCUT2D eigenvalue weighted by molar-refractivity contribution is 5.56. The smallest absolute Gasteiger partial charge is 0.234 e. The molecule has 1 aliphatic heterocycles. The van der Waals surface area contributed by atoms with Crippen LogP contribution >= 0.6 is 0 Å². The van der Waals surface area contributed by atoms with E-state index in [4.69, 9.17) is 4.52 Å². The first kappa shape index (κ1) is 10.3. The van der Waals surface area contributed by atoms with Crippen molar-refractivity contribution >= 4 is 5.69 Å². The van der Waals surface area contributed by atoms with Crippen LogP contribution in [0.4, 0.5) is 5.69 Å². The molecule has 1 unspecified atom stereocenters. The summed E-state index contributed by atoms with van der Waals surface area (Å²) in [7, 11) is 0. The number of para-hydroxylation sites is 1. The predicted molar refractivity (Wildman–Crippen MR) is 65.1 cm³/mol. The van der Waals surface area contributed by atoms with Crippen molar-refractivity contribution in [3.8, 4) is 0 Å². The molecule has 0 radical (unpaired) electrons. The highest BCUT2D eigenvalue weighted by Crippen LogP contribution is 2.35. The molecule has 0 aliphatic carbocycles. The van der Waals surface area contributed by atoms with Crippen LogP contribution in [0.3, 0.4) is 0 Å². The standard InChI is InChI=1S/C13H15N3O/c1-2-12-15-13(17-16-12)10-7-8-14-11-6-4-3-5-9(10)11/h3-6,10,14H,2,7-8H2,1H3. The van der Waals surface area contributed by atoms with E-state index in [2.05, 4.69) is 33.7 Å². The van der Waals surface area contributed by atoms with E-state index in [9.17, 15) is 0 Å². The summed E-state index contributed by atoms with van der Waals surface area (Å²) in [5.41, 5.74) is 2.44. The maximum absolute atomic E-state index is 5.36. The molecule has 1 atom stereocenters. The van der Waals surface area contributed by atoms with Crippen LogP contribution in [0.15, 0.2) is 28.8 Å². The highest BCUT2D eigenvalue weighted by Gasteiger charge is 2.25. The van der Waals surface area contributed by atoms with Crippen molar-refractivity contribution in [2.75, 3.05) is 11.9 Å². The Labute approximate surface area is 100 Å². The van der Waals surface area contributed by atoms with Gasteiger partial charge in [-0.25, -0.2) is 0 Å². The number of nitrogens with zero attached hydrogens (tertiary/aromatic N) is 2. The Morgan fingerprint density at radius 2 is 2.29 bits per heavy atom. The third-order valence-electron chi connectivity index (χ3n) is 3.18. The molecule has 0 amide bonds. The molecule has 0 bridgehead atoms. The lowest BCUT2D eigenvalue weighted by Crippen LogP contribution is -2.17. The summed E-state index contributed by atoms with van der Waals surface area (Å²) in [5, 5.41) is 7.37. The van der Waals surface area contributed by atoms with Crippen LogP contribution in [0.5, 0.6) is 0 Å². The van der Waals surface area contributed by atoms with Crippen LogP contribution < -0.4 is 5.32 Å². The van der Waals surface area contributed by atoms with E-state index in [-0.39, 0.29) is 5.92 Å². The summed E-state index contributed by atoms with van der Waals surface area (Å²) in [5.74, 6) is 1.77. The topological polar surface area (TPSA) is 51.0 Å². The molecule has 1 N–H and O–H groups in total. The summed E-state index contributed by atoms with van der Waals surface area (Å²) in [6.07, 6.45) is 1.82. The lowest BCUT2D eigenvalue weighted by Gasteiger charge is -2.23. The summed E-state index contributed by atoms with van der Waals surface area (Å²) >= 11 is 0. The van der Waals surface area contributed by atoms with Gasteiger partial charge in [-0.2, -0.15) is 4.98 Å². The molecule has 1 aromatic heterocycles. The van der Waals surface area contributed by atoms with Gasteiger partial charge in [-0.3, -0.25) is 0 Å². The van der Waals surface area contributed by atoms with Crippen LogP contribution in [-0.2, 0) is 6.42 Å². The average Bonchev–Trinajstić information content (AvgIpc) is 2.87. The van der Waals surface area contributed by atoms with Gasteiger partial charge in [0.2, 0.25) is 5.89 Å². The predicted octanol–water partition coefficient (Wildman–Crippen LogP) is 2.58. The normalized spacial score (nSPS) is 18.5. The second kappa shape index (κ2) is 4.20. The molecule has 2 aromatic rings. The van der Waals surface area contributed by atoms with E-state index >= 15 is 0 Å². The van der Waals surface area contributed by atoms with Crippen molar-refractivity contribution in [3.63, 3.8) is 0 Å². The fraction of sp³-hybridized carbons (Fsp3) is 0.385. The maximum Gasteiger partial charge on any atom is 0.234 e. The van der Waals surface area contributed by atoms with Gasteiger partial charge in [0.05, 0.1) is 5.92 Å². The zero-order chi connectivity index (χ0) is 11.7. The summed E-state index contributed by atoms with van der Waals surface area (Å²) in [4.78, 5) is 4.45. The summed E-state index contributed by atoms with van der Waals surface area (Å²) in [6.45, 7) is 2.98. The van der Waals surface area contributed by atoms with E-state index in [0.717, 1.165) is 31.1 Å². The Balaban J connectivity index is 1.99. The Morgan fingerprint density at radius 1 is 1.41 bits per heavy atom. The van der Waals surface area contributed by atoms with Gasteiger partial charge < -0.3 is 9.84 Å². The zero-order valence-electron chi connectivity index (χ0n) is 9.81. The van der Waals surface area contributed by atoms with Crippen LogP contribution in [0.1, 0.15) is 36.5 Å². The number of hydrogen-bond acceptors (Lipinski definition) is 4. The number of nitrogens with one attached hydrogen (secondary N) is 1. The number of fused-ring (bicyclic) bond motifs is 1. The average molecular weight is 229 g/mol. The van der Waals surface area contributed by atoms with Crippen molar-refractivity contribution in [1.82, 2.24) is 10.1 Å². The molecule has 88 valence electrons. The molecule has 4 heteroatoms. The molecule has 17 heavy (non-hydrogen) atoms. The van der Waals surface area contributed by atoms with Gasteiger partial charge in [0.1, 0.15) is 0 Å². The van der Waals surface area contributed by atoms with Gasteiger partial charge in [0, 0.05) is 18.7 Å². The first-order valence-electron chi connectivity index (χ1n) is 6.03. The van der Waals surface area contributed by atoms with E-state index in [0.29, 0.717) is 0 Å². The molecule has 1 aromatic carbocycles. The number of rotatable bonds is 2.